The molecule has 0 aromatic heterocycles. The van der Waals surface area contributed by atoms with E-state index in [0.29, 0.717) is 6.04 Å². The van der Waals surface area contributed by atoms with Gasteiger partial charge < -0.3 is 5.32 Å². The van der Waals surface area contributed by atoms with Gasteiger partial charge in [0.2, 0.25) is 0 Å². The van der Waals surface area contributed by atoms with Crippen LogP contribution in [0.1, 0.15) is 76.8 Å². The third-order valence-electron chi connectivity index (χ3n) is 3.72. The van der Waals surface area contributed by atoms with Gasteiger partial charge in [-0.2, -0.15) is 0 Å². The van der Waals surface area contributed by atoms with E-state index < -0.39 is 0 Å². The Bertz CT molecular complexity index is 282. The van der Waals surface area contributed by atoms with E-state index in [2.05, 4.69) is 49.5 Å². The van der Waals surface area contributed by atoms with Crippen LogP contribution < -0.4 is 5.32 Å². The summed E-state index contributed by atoms with van der Waals surface area (Å²) < 4.78 is 0. The second-order valence-corrected chi connectivity index (χ2v) is 5.47. The summed E-state index contributed by atoms with van der Waals surface area (Å²) in [6.07, 6.45) is 10.6. The van der Waals surface area contributed by atoms with Crippen LogP contribution in [0.3, 0.4) is 0 Å². The summed E-state index contributed by atoms with van der Waals surface area (Å²) in [7, 11) is 0. The largest absolute Gasteiger partial charge is 0.310 e. The number of benzene rings is 1. The lowest BCUT2D eigenvalue weighted by atomic mass is 10.00. The minimum Gasteiger partial charge on any atom is -0.310 e. The molecule has 1 atom stereocenters. The molecule has 0 aliphatic heterocycles. The van der Waals surface area contributed by atoms with Crippen molar-refractivity contribution in [1.29, 1.82) is 0 Å². The SMILES string of the molecule is CCCCCCC(NCCCCC)c1ccccc1. The number of unbranched alkanes of at least 4 members (excludes halogenated alkanes) is 5. The Morgan fingerprint density at radius 2 is 1.53 bits per heavy atom. The first kappa shape index (κ1) is 16.2. The predicted molar refractivity (Wildman–Crippen MR) is 85.5 cm³/mol. The van der Waals surface area contributed by atoms with Crippen LogP contribution in [-0.2, 0) is 0 Å². The third kappa shape index (κ3) is 7.37. The second kappa shape index (κ2) is 11.0. The summed E-state index contributed by atoms with van der Waals surface area (Å²) in [4.78, 5) is 0. The van der Waals surface area contributed by atoms with Crippen LogP contribution in [0, 0.1) is 0 Å². The van der Waals surface area contributed by atoms with E-state index in [9.17, 15) is 0 Å². The highest BCUT2D eigenvalue weighted by Gasteiger charge is 2.09. The smallest absolute Gasteiger partial charge is 0.0320 e. The van der Waals surface area contributed by atoms with Crippen LogP contribution in [0.2, 0.25) is 0 Å². The molecule has 0 aliphatic carbocycles. The molecule has 0 spiro atoms. The highest BCUT2D eigenvalue weighted by atomic mass is 14.9. The predicted octanol–water partition coefficient (Wildman–Crippen LogP) is 5.48. The minimum absolute atomic E-state index is 0.551. The lowest BCUT2D eigenvalue weighted by molar-refractivity contribution is 0.461. The molecule has 1 aromatic carbocycles. The highest BCUT2D eigenvalue weighted by molar-refractivity contribution is 5.18. The fraction of sp³-hybridized carbons (Fsp3) is 0.667. The van der Waals surface area contributed by atoms with Gasteiger partial charge in [-0.05, 0) is 24.9 Å². The first-order chi connectivity index (χ1) is 9.38. The van der Waals surface area contributed by atoms with Crippen molar-refractivity contribution >= 4 is 0 Å². The van der Waals surface area contributed by atoms with Crippen LogP contribution >= 0.6 is 0 Å². The van der Waals surface area contributed by atoms with Gasteiger partial charge in [-0.3, -0.25) is 0 Å². The van der Waals surface area contributed by atoms with E-state index in [1.807, 2.05) is 0 Å². The van der Waals surface area contributed by atoms with E-state index >= 15 is 0 Å². The van der Waals surface area contributed by atoms with Crippen molar-refractivity contribution in [2.24, 2.45) is 0 Å². The zero-order chi connectivity index (χ0) is 13.8. The average molecular weight is 261 g/mol. The molecular formula is C18H31N. The topological polar surface area (TPSA) is 12.0 Å². The molecule has 108 valence electrons. The minimum atomic E-state index is 0.551. The fourth-order valence-corrected chi connectivity index (χ4v) is 2.50. The molecule has 1 nitrogen and oxygen atoms in total. The van der Waals surface area contributed by atoms with Crippen LogP contribution in [0.15, 0.2) is 30.3 Å². The van der Waals surface area contributed by atoms with Crippen molar-refractivity contribution in [3.63, 3.8) is 0 Å². The van der Waals surface area contributed by atoms with Crippen molar-refractivity contribution < 1.29 is 0 Å². The molecule has 19 heavy (non-hydrogen) atoms. The van der Waals surface area contributed by atoms with E-state index in [-0.39, 0.29) is 0 Å². The van der Waals surface area contributed by atoms with Crippen LogP contribution in [0.25, 0.3) is 0 Å². The van der Waals surface area contributed by atoms with E-state index in [1.54, 1.807) is 0 Å². The Kier molecular flexibility index (Phi) is 9.44. The van der Waals surface area contributed by atoms with Crippen molar-refractivity contribution in [3.8, 4) is 0 Å². The normalized spacial score (nSPS) is 12.5. The molecule has 0 saturated heterocycles. The average Bonchev–Trinajstić information content (AvgIpc) is 2.46. The van der Waals surface area contributed by atoms with E-state index in [4.69, 9.17) is 0 Å². The molecule has 1 aromatic rings. The van der Waals surface area contributed by atoms with Crippen LogP contribution in [0.5, 0.6) is 0 Å². The highest BCUT2D eigenvalue weighted by Crippen LogP contribution is 2.20. The summed E-state index contributed by atoms with van der Waals surface area (Å²) in [6, 6.07) is 11.5. The summed E-state index contributed by atoms with van der Waals surface area (Å²) in [6.45, 7) is 5.69. The number of hydrogen-bond acceptors (Lipinski definition) is 1. The Labute approximate surface area is 119 Å². The molecular weight excluding hydrogens is 230 g/mol. The molecule has 1 N–H and O–H groups in total. The molecule has 0 amide bonds. The summed E-state index contributed by atoms with van der Waals surface area (Å²) in [5, 5.41) is 3.75. The third-order valence-corrected chi connectivity index (χ3v) is 3.72. The maximum absolute atomic E-state index is 3.75. The maximum atomic E-state index is 3.75. The van der Waals surface area contributed by atoms with Gasteiger partial charge in [0.1, 0.15) is 0 Å². The molecule has 0 saturated carbocycles. The zero-order valence-corrected chi connectivity index (χ0v) is 12.8. The van der Waals surface area contributed by atoms with Gasteiger partial charge in [0.05, 0.1) is 0 Å². The molecule has 0 bridgehead atoms. The summed E-state index contributed by atoms with van der Waals surface area (Å²) >= 11 is 0. The first-order valence-electron chi connectivity index (χ1n) is 8.16. The van der Waals surface area contributed by atoms with Crippen molar-refractivity contribution in [2.75, 3.05) is 6.54 Å². The van der Waals surface area contributed by atoms with Gasteiger partial charge in [0.15, 0.2) is 0 Å². The standard InChI is InChI=1S/C18H31N/c1-3-5-7-11-15-18(19-16-12-6-4-2)17-13-9-8-10-14-17/h8-10,13-14,18-19H,3-7,11-12,15-16H2,1-2H3. The van der Waals surface area contributed by atoms with Gasteiger partial charge in [-0.1, -0.05) is 82.7 Å². The Morgan fingerprint density at radius 3 is 2.21 bits per heavy atom. The van der Waals surface area contributed by atoms with Gasteiger partial charge >= 0.3 is 0 Å². The van der Waals surface area contributed by atoms with Crippen molar-refractivity contribution in [1.82, 2.24) is 5.32 Å². The van der Waals surface area contributed by atoms with Gasteiger partial charge in [-0.25, -0.2) is 0 Å². The fourth-order valence-electron chi connectivity index (χ4n) is 2.50. The molecule has 1 rings (SSSR count). The monoisotopic (exact) mass is 261 g/mol. The first-order valence-corrected chi connectivity index (χ1v) is 8.16. The molecule has 0 heterocycles. The van der Waals surface area contributed by atoms with E-state index in [1.165, 1.54) is 56.9 Å². The lowest BCUT2D eigenvalue weighted by Crippen LogP contribution is -2.22. The van der Waals surface area contributed by atoms with Crippen LogP contribution in [-0.4, -0.2) is 6.54 Å². The molecule has 1 unspecified atom stereocenters. The van der Waals surface area contributed by atoms with Gasteiger partial charge in [-0.15, -0.1) is 0 Å². The Morgan fingerprint density at radius 1 is 0.842 bits per heavy atom. The zero-order valence-electron chi connectivity index (χ0n) is 12.8. The molecule has 0 radical (unpaired) electrons. The van der Waals surface area contributed by atoms with Gasteiger partial charge in [0, 0.05) is 6.04 Å². The van der Waals surface area contributed by atoms with Crippen molar-refractivity contribution in [3.05, 3.63) is 35.9 Å². The maximum Gasteiger partial charge on any atom is 0.0320 e. The lowest BCUT2D eigenvalue weighted by Gasteiger charge is -2.19. The van der Waals surface area contributed by atoms with Crippen LogP contribution in [0.4, 0.5) is 0 Å². The quantitative estimate of drug-likeness (QED) is 0.520. The Balaban J connectivity index is 2.39. The molecule has 1 heteroatoms. The van der Waals surface area contributed by atoms with E-state index in [0.717, 1.165) is 6.54 Å². The summed E-state index contributed by atoms with van der Waals surface area (Å²) in [5.41, 5.74) is 1.45. The van der Waals surface area contributed by atoms with Gasteiger partial charge in [0.25, 0.3) is 0 Å². The summed E-state index contributed by atoms with van der Waals surface area (Å²) in [5.74, 6) is 0. The number of hydrogen-bond donors (Lipinski definition) is 1. The molecule has 0 fully saturated rings. The Hall–Kier alpha value is -0.820. The number of rotatable bonds is 11. The van der Waals surface area contributed by atoms with Crippen molar-refractivity contribution in [2.45, 2.75) is 71.3 Å². The molecule has 0 aliphatic rings. The second-order valence-electron chi connectivity index (χ2n) is 5.47. The number of nitrogens with one attached hydrogen (secondary N) is 1.